The highest BCUT2D eigenvalue weighted by Crippen LogP contribution is 2.21. The molecule has 0 N–H and O–H groups in total. The summed E-state index contributed by atoms with van der Waals surface area (Å²) in [6.07, 6.45) is 0. The third-order valence-corrected chi connectivity index (χ3v) is 2.93. The Bertz CT molecular complexity index is 566. The van der Waals surface area contributed by atoms with Crippen molar-refractivity contribution in [3.8, 4) is 11.1 Å². The summed E-state index contributed by atoms with van der Waals surface area (Å²) in [5.41, 5.74) is 1.55. The van der Waals surface area contributed by atoms with Gasteiger partial charge in [0, 0.05) is 0 Å². The molecule has 4 heteroatoms. The SMILES string of the molecule is O=[SH](=O)c1cccc(-c2ccc(F)cc2)c1. The van der Waals surface area contributed by atoms with Crippen LogP contribution >= 0.6 is 0 Å². The van der Waals surface area contributed by atoms with Crippen LogP contribution in [0.25, 0.3) is 11.1 Å². The summed E-state index contributed by atoms with van der Waals surface area (Å²) in [4.78, 5) is 0.261. The molecule has 2 aromatic rings. The normalized spacial score (nSPS) is 10.6. The summed E-state index contributed by atoms with van der Waals surface area (Å²) in [7, 11) is -2.58. The number of halogens is 1. The first-order valence-corrected chi connectivity index (χ1v) is 5.85. The van der Waals surface area contributed by atoms with Gasteiger partial charge in [-0.1, -0.05) is 24.3 Å². The standard InChI is InChI=1S/C12H9FO2S/c13-11-6-4-9(5-7-11)10-2-1-3-12(8-10)16(14)15/h1-8,16H. The highest BCUT2D eigenvalue weighted by Gasteiger charge is 2.00. The highest BCUT2D eigenvalue weighted by molar-refractivity contribution is 7.72. The minimum absolute atomic E-state index is 0.261. The molecule has 0 aliphatic carbocycles. The molecule has 2 nitrogen and oxygen atoms in total. The number of benzene rings is 2. The number of rotatable bonds is 2. The van der Waals surface area contributed by atoms with Gasteiger partial charge in [0.1, 0.15) is 5.82 Å². The average Bonchev–Trinajstić information content (AvgIpc) is 2.30. The predicted molar refractivity (Wildman–Crippen MR) is 60.4 cm³/mol. The van der Waals surface area contributed by atoms with Gasteiger partial charge in [0.15, 0.2) is 10.7 Å². The quantitative estimate of drug-likeness (QED) is 0.813. The molecular weight excluding hydrogens is 227 g/mol. The lowest BCUT2D eigenvalue weighted by Crippen LogP contribution is -1.83. The zero-order valence-electron chi connectivity index (χ0n) is 8.26. The van der Waals surface area contributed by atoms with Gasteiger partial charge in [0.2, 0.25) is 0 Å². The Hall–Kier alpha value is -1.68. The Balaban J connectivity index is 2.48. The maximum absolute atomic E-state index is 12.7. The Morgan fingerprint density at radius 3 is 2.19 bits per heavy atom. The molecule has 2 aromatic carbocycles. The first-order chi connectivity index (χ1) is 7.66. The van der Waals surface area contributed by atoms with Gasteiger partial charge in [-0.05, 0) is 35.4 Å². The van der Waals surface area contributed by atoms with Crippen LogP contribution < -0.4 is 0 Å². The van der Waals surface area contributed by atoms with E-state index in [2.05, 4.69) is 0 Å². The van der Waals surface area contributed by atoms with Crippen LogP contribution in [0.2, 0.25) is 0 Å². The van der Waals surface area contributed by atoms with E-state index in [0.717, 1.165) is 11.1 Å². The van der Waals surface area contributed by atoms with Gasteiger partial charge in [-0.2, -0.15) is 0 Å². The van der Waals surface area contributed by atoms with Gasteiger partial charge in [-0.25, -0.2) is 12.8 Å². The van der Waals surface area contributed by atoms with E-state index in [1.807, 2.05) is 0 Å². The molecule has 0 saturated carbocycles. The molecule has 0 saturated heterocycles. The fourth-order valence-electron chi connectivity index (χ4n) is 1.44. The topological polar surface area (TPSA) is 34.1 Å². The van der Waals surface area contributed by atoms with Gasteiger partial charge in [0.05, 0.1) is 4.90 Å². The first kappa shape index (κ1) is 10.8. The minimum Gasteiger partial charge on any atom is -0.227 e. The number of hydrogen-bond acceptors (Lipinski definition) is 2. The summed E-state index contributed by atoms with van der Waals surface area (Å²) < 4.78 is 34.3. The maximum atomic E-state index is 12.7. The van der Waals surface area contributed by atoms with Crippen LogP contribution in [-0.4, -0.2) is 8.42 Å². The van der Waals surface area contributed by atoms with Crippen LogP contribution in [0.3, 0.4) is 0 Å². The van der Waals surface area contributed by atoms with E-state index >= 15 is 0 Å². The minimum atomic E-state index is -2.58. The molecular formula is C12H9FO2S. The molecule has 0 radical (unpaired) electrons. The maximum Gasteiger partial charge on any atom is 0.168 e. The first-order valence-electron chi connectivity index (χ1n) is 4.67. The Labute approximate surface area is 94.3 Å². The van der Waals surface area contributed by atoms with Crippen LogP contribution in [0.15, 0.2) is 53.4 Å². The third kappa shape index (κ3) is 2.28. The van der Waals surface area contributed by atoms with E-state index in [0.29, 0.717) is 0 Å². The molecule has 82 valence electrons. The molecule has 0 unspecified atom stereocenters. The molecule has 0 aliphatic rings. The molecule has 0 spiro atoms. The Morgan fingerprint density at radius 1 is 0.875 bits per heavy atom. The predicted octanol–water partition coefficient (Wildman–Crippen LogP) is 2.46. The van der Waals surface area contributed by atoms with Crippen molar-refractivity contribution < 1.29 is 12.8 Å². The Kier molecular flexibility index (Phi) is 3.01. The van der Waals surface area contributed by atoms with E-state index in [4.69, 9.17) is 0 Å². The van der Waals surface area contributed by atoms with E-state index in [1.165, 1.54) is 18.2 Å². The molecule has 16 heavy (non-hydrogen) atoms. The molecule has 0 amide bonds. The highest BCUT2D eigenvalue weighted by atomic mass is 32.2. The summed E-state index contributed by atoms with van der Waals surface area (Å²) in [5.74, 6) is -0.310. The van der Waals surface area contributed by atoms with Crippen molar-refractivity contribution >= 4 is 10.7 Å². The van der Waals surface area contributed by atoms with Crippen molar-refractivity contribution in [1.82, 2.24) is 0 Å². The summed E-state index contributed by atoms with van der Waals surface area (Å²) in [6.45, 7) is 0. The second kappa shape index (κ2) is 4.45. The Morgan fingerprint density at radius 2 is 1.56 bits per heavy atom. The monoisotopic (exact) mass is 236 g/mol. The zero-order chi connectivity index (χ0) is 11.5. The van der Waals surface area contributed by atoms with E-state index in [9.17, 15) is 12.8 Å². The van der Waals surface area contributed by atoms with Crippen LogP contribution in [-0.2, 0) is 10.7 Å². The lowest BCUT2D eigenvalue weighted by atomic mass is 10.1. The van der Waals surface area contributed by atoms with Crippen LogP contribution in [0, 0.1) is 5.82 Å². The van der Waals surface area contributed by atoms with Gasteiger partial charge in [-0.3, -0.25) is 0 Å². The van der Waals surface area contributed by atoms with Crippen LogP contribution in [0.5, 0.6) is 0 Å². The fraction of sp³-hybridized carbons (Fsp3) is 0. The summed E-state index contributed by atoms with van der Waals surface area (Å²) in [6, 6.07) is 12.5. The average molecular weight is 236 g/mol. The second-order valence-corrected chi connectivity index (χ2v) is 4.34. The number of thiol groups is 1. The molecule has 0 heterocycles. The second-order valence-electron chi connectivity index (χ2n) is 3.31. The molecule has 0 bridgehead atoms. The fourth-order valence-corrected chi connectivity index (χ4v) is 1.89. The zero-order valence-corrected chi connectivity index (χ0v) is 9.15. The van der Waals surface area contributed by atoms with Crippen molar-refractivity contribution in [1.29, 1.82) is 0 Å². The molecule has 0 fully saturated rings. The van der Waals surface area contributed by atoms with E-state index in [1.54, 1.807) is 30.3 Å². The third-order valence-electron chi connectivity index (χ3n) is 2.23. The summed E-state index contributed by atoms with van der Waals surface area (Å²) >= 11 is 0. The lowest BCUT2D eigenvalue weighted by molar-refractivity contribution is 0.614. The van der Waals surface area contributed by atoms with Crippen molar-refractivity contribution in [2.45, 2.75) is 4.90 Å². The number of hydrogen-bond donors (Lipinski definition) is 1. The van der Waals surface area contributed by atoms with E-state index in [-0.39, 0.29) is 10.7 Å². The largest absolute Gasteiger partial charge is 0.227 e. The van der Waals surface area contributed by atoms with Crippen LogP contribution in [0.1, 0.15) is 0 Å². The van der Waals surface area contributed by atoms with Crippen molar-refractivity contribution in [3.05, 3.63) is 54.3 Å². The summed E-state index contributed by atoms with van der Waals surface area (Å²) in [5, 5.41) is 0. The van der Waals surface area contributed by atoms with Crippen molar-refractivity contribution in [2.75, 3.05) is 0 Å². The molecule has 2 rings (SSSR count). The van der Waals surface area contributed by atoms with E-state index < -0.39 is 10.7 Å². The molecule has 0 atom stereocenters. The van der Waals surface area contributed by atoms with Crippen LogP contribution in [0.4, 0.5) is 4.39 Å². The lowest BCUT2D eigenvalue weighted by Gasteiger charge is -2.01. The van der Waals surface area contributed by atoms with Gasteiger partial charge in [-0.15, -0.1) is 0 Å². The van der Waals surface area contributed by atoms with Gasteiger partial charge >= 0.3 is 0 Å². The van der Waals surface area contributed by atoms with Crippen molar-refractivity contribution in [2.24, 2.45) is 0 Å². The smallest absolute Gasteiger partial charge is 0.168 e. The van der Waals surface area contributed by atoms with Crippen molar-refractivity contribution in [3.63, 3.8) is 0 Å². The van der Waals surface area contributed by atoms with Gasteiger partial charge < -0.3 is 0 Å². The molecule has 0 aliphatic heterocycles. The molecule has 0 aromatic heterocycles. The van der Waals surface area contributed by atoms with Gasteiger partial charge in [0.25, 0.3) is 0 Å².